The molecule has 1 aliphatic rings. The van der Waals surface area contributed by atoms with Crippen molar-refractivity contribution in [3.63, 3.8) is 0 Å². The molecule has 214 valence electrons. The summed E-state index contributed by atoms with van der Waals surface area (Å²) in [6.07, 6.45) is -3.71. The first-order valence-corrected chi connectivity index (χ1v) is 12.8. The average Bonchev–Trinajstić information content (AvgIpc) is 3.57. The summed E-state index contributed by atoms with van der Waals surface area (Å²) in [5, 5.41) is 13.4. The van der Waals surface area contributed by atoms with Crippen LogP contribution < -0.4 is 27.1 Å². The molecule has 0 unspecified atom stereocenters. The Labute approximate surface area is 220 Å². The molecule has 0 aliphatic heterocycles. The number of anilines is 1. The molecular formula is C22H27F3N6O7S. The predicted octanol–water partition coefficient (Wildman–Crippen LogP) is 0.586. The zero-order chi connectivity index (χ0) is 29.4. The Kier molecular flexibility index (Phi) is 9.92. The zero-order valence-corrected chi connectivity index (χ0v) is 21.4. The van der Waals surface area contributed by atoms with Gasteiger partial charge in [-0.25, -0.2) is 13.2 Å². The number of nitrogens with zero attached hydrogens (tertiary/aromatic N) is 2. The van der Waals surface area contributed by atoms with E-state index in [0.717, 1.165) is 0 Å². The van der Waals surface area contributed by atoms with Crippen molar-refractivity contribution in [2.75, 3.05) is 11.3 Å². The van der Waals surface area contributed by atoms with Gasteiger partial charge in [0, 0.05) is 5.69 Å². The van der Waals surface area contributed by atoms with E-state index in [0.29, 0.717) is 24.1 Å². The molecule has 0 atom stereocenters. The Balaban J connectivity index is 0.000000673. The molecule has 3 rings (SSSR count). The smallest absolute Gasteiger partial charge is 0.475 e. The minimum absolute atomic E-state index is 0.101. The van der Waals surface area contributed by atoms with Crippen molar-refractivity contribution < 1.29 is 41.1 Å². The number of oxime groups is 1. The Morgan fingerprint density at radius 1 is 1.15 bits per heavy atom. The fraction of sp³-hybridized carbons (Fsp3) is 0.364. The minimum Gasteiger partial charge on any atom is -0.475 e. The lowest BCUT2D eigenvalue weighted by Gasteiger charge is -2.18. The van der Waals surface area contributed by atoms with Crippen molar-refractivity contribution in [3.05, 3.63) is 64.1 Å². The lowest BCUT2D eigenvalue weighted by molar-refractivity contribution is -0.192. The van der Waals surface area contributed by atoms with Crippen LogP contribution in [-0.2, 0) is 36.7 Å². The van der Waals surface area contributed by atoms with Gasteiger partial charge < -0.3 is 31.3 Å². The monoisotopic (exact) mass is 576 g/mol. The molecule has 7 N–H and O–H groups in total. The van der Waals surface area contributed by atoms with E-state index in [4.69, 9.17) is 26.2 Å². The third kappa shape index (κ3) is 10.2. The number of aliphatic carboxylic acids is 1. The van der Waals surface area contributed by atoms with Gasteiger partial charge in [-0.2, -0.15) is 13.2 Å². The predicted molar refractivity (Wildman–Crippen MR) is 134 cm³/mol. The van der Waals surface area contributed by atoms with Gasteiger partial charge in [0.1, 0.15) is 18.8 Å². The second-order valence-corrected chi connectivity index (χ2v) is 10.3. The van der Waals surface area contributed by atoms with E-state index in [-0.39, 0.29) is 30.6 Å². The summed E-state index contributed by atoms with van der Waals surface area (Å²) >= 11 is 0. The van der Waals surface area contributed by atoms with Crippen LogP contribution in [0.2, 0.25) is 0 Å². The average molecular weight is 577 g/mol. The van der Waals surface area contributed by atoms with E-state index >= 15 is 0 Å². The summed E-state index contributed by atoms with van der Waals surface area (Å²) in [6, 6.07) is 11.6. The van der Waals surface area contributed by atoms with Crippen LogP contribution in [0, 0.1) is 6.92 Å². The lowest BCUT2D eigenvalue weighted by atomic mass is 10.2. The molecule has 1 fully saturated rings. The summed E-state index contributed by atoms with van der Waals surface area (Å²) in [4.78, 5) is 39.3. The number of sulfonamides is 1. The zero-order valence-electron chi connectivity index (χ0n) is 20.6. The number of amides is 1. The SMILES string of the molecule is Cc1ccc(NS(=O)(=O)Cc2ccccc2)c(=O)n1CC(=O)NC1(CON=C(N)N)CC1.O=C(O)C(F)(F)F. The molecule has 1 saturated carbocycles. The molecule has 1 amide bonds. The number of carbonyl (C=O) groups excluding carboxylic acids is 1. The second kappa shape index (κ2) is 12.5. The standard InChI is InChI=1S/C20H26N6O5S.C2HF3O2/c1-14-7-8-16(25-32(29,30)12-15-5-3-2-4-6-15)18(28)26(14)11-17(27)23-20(9-10-20)13-31-24-19(21)22;3-2(4,5)1(6)7/h2-8,25H,9-13H2,1H3,(H,23,27)(H4,21,22,24);(H,6,7). The van der Waals surface area contributed by atoms with Crippen molar-refractivity contribution in [1.29, 1.82) is 0 Å². The maximum Gasteiger partial charge on any atom is 0.490 e. The number of pyridine rings is 1. The first-order chi connectivity index (χ1) is 18.0. The summed E-state index contributed by atoms with van der Waals surface area (Å²) in [6.45, 7) is 1.48. The van der Waals surface area contributed by atoms with Gasteiger partial charge in [0.2, 0.25) is 21.9 Å². The van der Waals surface area contributed by atoms with Crippen LogP contribution in [0.1, 0.15) is 24.1 Å². The highest BCUT2D eigenvalue weighted by molar-refractivity contribution is 7.91. The number of aromatic nitrogens is 1. The number of alkyl halides is 3. The van der Waals surface area contributed by atoms with Gasteiger partial charge in [-0.15, -0.1) is 0 Å². The first-order valence-electron chi connectivity index (χ1n) is 11.1. The second-order valence-electron chi connectivity index (χ2n) is 8.55. The number of benzene rings is 1. The number of aryl methyl sites for hydroxylation is 1. The van der Waals surface area contributed by atoms with Gasteiger partial charge in [0.15, 0.2) is 0 Å². The third-order valence-corrected chi connectivity index (χ3v) is 6.41. The largest absolute Gasteiger partial charge is 0.490 e. The molecule has 0 spiro atoms. The highest BCUT2D eigenvalue weighted by Crippen LogP contribution is 2.35. The topological polar surface area (TPSA) is 208 Å². The highest BCUT2D eigenvalue weighted by Gasteiger charge is 2.45. The Morgan fingerprint density at radius 3 is 2.26 bits per heavy atom. The van der Waals surface area contributed by atoms with Gasteiger partial charge in [-0.3, -0.25) is 14.3 Å². The van der Waals surface area contributed by atoms with Gasteiger partial charge in [-0.05, 0) is 42.6 Å². The highest BCUT2D eigenvalue weighted by atomic mass is 32.2. The van der Waals surface area contributed by atoms with Crippen LogP contribution in [-0.4, -0.2) is 54.2 Å². The molecule has 17 heteroatoms. The number of hydrogen-bond donors (Lipinski definition) is 5. The number of carbonyl (C=O) groups is 2. The minimum atomic E-state index is -5.08. The van der Waals surface area contributed by atoms with Gasteiger partial charge >= 0.3 is 12.1 Å². The quantitative estimate of drug-likeness (QED) is 0.152. The van der Waals surface area contributed by atoms with Crippen LogP contribution in [0.3, 0.4) is 0 Å². The first kappa shape index (κ1) is 30.9. The number of halogens is 3. The van der Waals surface area contributed by atoms with Crippen molar-refractivity contribution >= 4 is 33.5 Å². The molecule has 1 aliphatic carbocycles. The molecule has 0 saturated heterocycles. The number of carboxylic acid groups (broad SMARTS) is 1. The summed E-state index contributed by atoms with van der Waals surface area (Å²) in [5.41, 5.74) is 10.2. The van der Waals surface area contributed by atoms with Gasteiger partial charge in [0.25, 0.3) is 5.56 Å². The summed E-state index contributed by atoms with van der Waals surface area (Å²) in [5.74, 6) is -3.67. The van der Waals surface area contributed by atoms with Crippen molar-refractivity contribution in [3.8, 4) is 0 Å². The van der Waals surface area contributed by atoms with E-state index in [1.165, 1.54) is 10.6 Å². The molecule has 0 bridgehead atoms. The summed E-state index contributed by atoms with van der Waals surface area (Å²) in [7, 11) is -3.82. The molecule has 1 heterocycles. The van der Waals surface area contributed by atoms with Crippen molar-refractivity contribution in [1.82, 2.24) is 9.88 Å². The van der Waals surface area contributed by atoms with Crippen molar-refractivity contribution in [2.24, 2.45) is 16.6 Å². The van der Waals surface area contributed by atoms with Crippen LogP contribution in [0.15, 0.2) is 52.4 Å². The molecule has 1 aromatic heterocycles. The van der Waals surface area contributed by atoms with Crippen LogP contribution in [0.25, 0.3) is 0 Å². The van der Waals surface area contributed by atoms with Gasteiger partial charge in [-0.1, -0.05) is 30.3 Å². The molecule has 1 aromatic carbocycles. The Bertz CT molecular complexity index is 1370. The van der Waals surface area contributed by atoms with E-state index < -0.39 is 39.2 Å². The number of hydrogen-bond acceptors (Lipinski definition) is 7. The number of nitrogens with one attached hydrogen (secondary N) is 2. The summed E-state index contributed by atoms with van der Waals surface area (Å²) < 4.78 is 60.3. The van der Waals surface area contributed by atoms with Crippen LogP contribution in [0.5, 0.6) is 0 Å². The van der Waals surface area contributed by atoms with Crippen LogP contribution >= 0.6 is 0 Å². The molecule has 0 radical (unpaired) electrons. The fourth-order valence-corrected chi connectivity index (χ4v) is 4.30. The Morgan fingerprint density at radius 2 is 1.74 bits per heavy atom. The molecular weight excluding hydrogens is 549 g/mol. The number of guanidine groups is 1. The van der Waals surface area contributed by atoms with Crippen LogP contribution in [0.4, 0.5) is 18.9 Å². The van der Waals surface area contributed by atoms with Gasteiger partial charge in [0.05, 0.1) is 11.3 Å². The number of nitrogens with two attached hydrogens (primary N) is 2. The van der Waals surface area contributed by atoms with Crippen molar-refractivity contribution in [2.45, 2.75) is 43.8 Å². The molecule has 13 nitrogen and oxygen atoms in total. The number of carboxylic acids is 1. The normalized spacial score (nSPS) is 13.7. The fourth-order valence-electron chi connectivity index (χ4n) is 3.11. The third-order valence-electron chi connectivity index (χ3n) is 5.17. The van der Waals surface area contributed by atoms with E-state index in [2.05, 4.69) is 15.2 Å². The Hall–Kier alpha value is -4.28. The van der Waals surface area contributed by atoms with E-state index in [1.54, 1.807) is 43.3 Å². The number of rotatable bonds is 10. The van der Waals surface area contributed by atoms with E-state index in [9.17, 15) is 31.2 Å². The maximum atomic E-state index is 12.9. The molecule has 2 aromatic rings. The van der Waals surface area contributed by atoms with E-state index in [1.807, 2.05) is 0 Å². The molecule has 39 heavy (non-hydrogen) atoms. The maximum absolute atomic E-state index is 12.9. The lowest BCUT2D eigenvalue weighted by Crippen LogP contribution is -2.43.